The Morgan fingerprint density at radius 1 is 1.10 bits per heavy atom. The smallest absolute Gasteiger partial charge is 0.248 e. The zero-order valence-corrected chi connectivity index (χ0v) is 29.6. The highest BCUT2D eigenvalue weighted by Gasteiger charge is 2.28. The maximum absolute atomic E-state index is 15.4. The van der Waals surface area contributed by atoms with E-state index in [1.165, 1.54) is 6.08 Å². The van der Waals surface area contributed by atoms with Crippen molar-refractivity contribution in [2.75, 3.05) is 25.6 Å². The molecule has 1 aliphatic carbocycles. The Bertz CT molecular complexity index is 2170. The monoisotopic (exact) mass is 695 g/mol. The fourth-order valence-corrected chi connectivity index (χ4v) is 7.56. The average Bonchev–Trinajstić information content (AvgIpc) is 3.63. The van der Waals surface area contributed by atoms with Crippen LogP contribution >= 0.6 is 0 Å². The Hall–Kier alpha value is -4.87. The second-order valence-electron chi connectivity index (χ2n) is 13.9. The van der Waals surface area contributed by atoms with Gasteiger partial charge in [-0.25, -0.2) is 13.8 Å². The predicted octanol–water partition coefficient (Wildman–Crippen LogP) is 7.39. The molecule has 9 nitrogen and oxygen atoms in total. The molecule has 7 rings (SSSR count). The summed E-state index contributed by atoms with van der Waals surface area (Å²) in [6.45, 7) is 7.52. The predicted molar refractivity (Wildman–Crippen MR) is 194 cm³/mol. The van der Waals surface area contributed by atoms with Crippen LogP contribution in [0.25, 0.3) is 33.1 Å². The summed E-state index contributed by atoms with van der Waals surface area (Å²) in [5.74, 6) is -1.61. The number of ketones is 1. The lowest BCUT2D eigenvalue weighted by atomic mass is 9.93. The third-order valence-electron chi connectivity index (χ3n) is 10.3. The molecule has 5 aromatic rings. The molecule has 51 heavy (non-hydrogen) atoms. The van der Waals surface area contributed by atoms with Crippen molar-refractivity contribution in [3.8, 4) is 16.9 Å². The molecule has 2 N–H and O–H groups in total. The van der Waals surface area contributed by atoms with Crippen LogP contribution < -0.4 is 15.4 Å². The number of carbonyl (C=O) groups excluding carboxylic acids is 2. The molecule has 0 saturated heterocycles. The van der Waals surface area contributed by atoms with Crippen molar-refractivity contribution >= 4 is 39.3 Å². The van der Waals surface area contributed by atoms with Gasteiger partial charge in [0, 0.05) is 79.1 Å². The van der Waals surface area contributed by atoms with E-state index in [0.29, 0.717) is 48.5 Å². The summed E-state index contributed by atoms with van der Waals surface area (Å²) in [4.78, 5) is 31.5. The van der Waals surface area contributed by atoms with Gasteiger partial charge >= 0.3 is 0 Å². The van der Waals surface area contributed by atoms with Crippen molar-refractivity contribution in [3.05, 3.63) is 88.9 Å². The van der Waals surface area contributed by atoms with Crippen LogP contribution in [0, 0.1) is 31.4 Å². The number of rotatable bonds is 8. The lowest BCUT2D eigenvalue weighted by molar-refractivity contribution is -0.112. The minimum Gasteiger partial charge on any atom is -0.490 e. The molecule has 1 fully saturated rings. The molecule has 2 aromatic heterocycles. The number of methoxy groups -OCH3 is 1. The molecule has 1 amide bonds. The molecule has 1 atom stereocenters. The Morgan fingerprint density at radius 3 is 2.57 bits per heavy atom. The summed E-state index contributed by atoms with van der Waals surface area (Å²) in [6, 6.07) is 10.1. The Balaban J connectivity index is 1.16. The van der Waals surface area contributed by atoms with Crippen molar-refractivity contribution < 1.29 is 27.8 Å². The van der Waals surface area contributed by atoms with Gasteiger partial charge < -0.3 is 29.2 Å². The van der Waals surface area contributed by atoms with E-state index in [2.05, 4.69) is 23.6 Å². The summed E-state index contributed by atoms with van der Waals surface area (Å²) < 4.78 is 46.8. The maximum atomic E-state index is 15.4. The van der Waals surface area contributed by atoms with Crippen molar-refractivity contribution in [2.45, 2.75) is 65.1 Å². The van der Waals surface area contributed by atoms with Crippen molar-refractivity contribution in [1.29, 1.82) is 0 Å². The van der Waals surface area contributed by atoms with Gasteiger partial charge in [-0.2, -0.15) is 0 Å². The van der Waals surface area contributed by atoms with Gasteiger partial charge in [-0.3, -0.25) is 9.59 Å². The fourth-order valence-electron chi connectivity index (χ4n) is 7.56. The molecular formula is C40H43F2N5O4. The van der Waals surface area contributed by atoms with E-state index in [0.717, 1.165) is 76.9 Å². The first kappa shape index (κ1) is 34.6. The quantitative estimate of drug-likeness (QED) is 0.130. The molecule has 1 saturated carbocycles. The topological polar surface area (TPSA) is 99.4 Å². The van der Waals surface area contributed by atoms with E-state index in [4.69, 9.17) is 14.5 Å². The van der Waals surface area contributed by atoms with Gasteiger partial charge in [-0.05, 0) is 63.3 Å². The number of aromatic nitrogens is 3. The first-order valence-electron chi connectivity index (χ1n) is 17.5. The molecule has 11 heteroatoms. The van der Waals surface area contributed by atoms with Gasteiger partial charge in [0.25, 0.3) is 0 Å². The number of carbonyl (C=O) groups is 2. The molecule has 3 heterocycles. The Morgan fingerprint density at radius 2 is 1.84 bits per heavy atom. The van der Waals surface area contributed by atoms with Crippen LogP contribution in [0.1, 0.15) is 59.9 Å². The number of benzene rings is 3. The number of anilines is 1. The number of hydrogen-bond donors (Lipinski definition) is 2. The van der Waals surface area contributed by atoms with Crippen LogP contribution in [0.5, 0.6) is 5.75 Å². The van der Waals surface area contributed by atoms with Gasteiger partial charge in [0.1, 0.15) is 28.7 Å². The summed E-state index contributed by atoms with van der Waals surface area (Å²) in [7, 11) is 3.71. The third kappa shape index (κ3) is 6.56. The van der Waals surface area contributed by atoms with E-state index in [1.807, 2.05) is 48.2 Å². The van der Waals surface area contributed by atoms with Gasteiger partial charge in [0.15, 0.2) is 11.5 Å². The van der Waals surface area contributed by atoms with Crippen LogP contribution in [-0.4, -0.2) is 58.2 Å². The SMILES string of the molecule is COC1CCC(NC/C=C/C(=O)Nc2c(F)cc(C(=O)c3cn4c5c(cccc35)-c3c(C)cc5c(nc(C)n5C)c3OC[C@H](C)C4)cc2F)CC1. The lowest BCUT2D eigenvalue weighted by Gasteiger charge is -2.27. The van der Waals surface area contributed by atoms with Crippen LogP contribution in [-0.2, 0) is 23.1 Å². The van der Waals surface area contributed by atoms with Gasteiger partial charge in [0.2, 0.25) is 5.91 Å². The number of imidazole rings is 1. The van der Waals surface area contributed by atoms with Crippen molar-refractivity contribution in [1.82, 2.24) is 19.4 Å². The van der Waals surface area contributed by atoms with E-state index >= 15 is 8.78 Å². The Kier molecular flexibility index (Phi) is 9.52. The van der Waals surface area contributed by atoms with Crippen molar-refractivity contribution in [3.63, 3.8) is 0 Å². The molecule has 2 aliphatic rings. The number of halogens is 2. The fraction of sp³-hybridized carbons (Fsp3) is 0.375. The normalized spacial score (nSPS) is 19.1. The van der Waals surface area contributed by atoms with E-state index in [9.17, 15) is 9.59 Å². The highest BCUT2D eigenvalue weighted by molar-refractivity contribution is 6.18. The minimum atomic E-state index is -1.03. The van der Waals surface area contributed by atoms with Crippen LogP contribution in [0.4, 0.5) is 14.5 Å². The molecule has 266 valence electrons. The minimum absolute atomic E-state index is 0.0708. The summed E-state index contributed by atoms with van der Waals surface area (Å²) in [5.41, 5.74) is 4.95. The summed E-state index contributed by atoms with van der Waals surface area (Å²) in [5, 5.41) is 6.34. The number of hydrogen-bond acceptors (Lipinski definition) is 6. The highest BCUT2D eigenvalue weighted by atomic mass is 19.1. The molecule has 0 radical (unpaired) electrons. The molecule has 3 aromatic carbocycles. The van der Waals surface area contributed by atoms with E-state index in [1.54, 1.807) is 19.4 Å². The van der Waals surface area contributed by atoms with Crippen LogP contribution in [0.2, 0.25) is 0 Å². The lowest BCUT2D eigenvalue weighted by Crippen LogP contribution is -2.35. The zero-order valence-electron chi connectivity index (χ0n) is 29.6. The maximum Gasteiger partial charge on any atom is 0.248 e. The van der Waals surface area contributed by atoms with Gasteiger partial charge in [-0.15, -0.1) is 0 Å². The number of amides is 1. The second-order valence-corrected chi connectivity index (χ2v) is 13.9. The third-order valence-corrected chi connectivity index (χ3v) is 10.3. The Labute approximate surface area is 295 Å². The summed E-state index contributed by atoms with van der Waals surface area (Å²) in [6.07, 6.45) is 8.87. The molecular weight excluding hydrogens is 652 g/mol. The second kappa shape index (κ2) is 14.0. The number of nitrogens with one attached hydrogen (secondary N) is 2. The average molecular weight is 696 g/mol. The van der Waals surface area contributed by atoms with Crippen LogP contribution in [0.15, 0.2) is 54.7 Å². The van der Waals surface area contributed by atoms with Crippen molar-refractivity contribution in [2.24, 2.45) is 13.0 Å². The number of aryl methyl sites for hydroxylation is 3. The molecule has 0 bridgehead atoms. The first-order chi connectivity index (χ1) is 24.5. The number of nitrogens with zero attached hydrogens (tertiary/aromatic N) is 3. The molecule has 0 spiro atoms. The number of ether oxygens (including phenoxy) is 2. The summed E-state index contributed by atoms with van der Waals surface area (Å²) >= 11 is 0. The van der Waals surface area contributed by atoms with E-state index in [-0.39, 0.29) is 11.5 Å². The number of fused-ring (bicyclic) bond motifs is 4. The highest BCUT2D eigenvalue weighted by Crippen LogP contribution is 2.44. The van der Waals surface area contributed by atoms with E-state index < -0.39 is 29.0 Å². The van der Waals surface area contributed by atoms with Gasteiger partial charge in [0.05, 0.1) is 23.7 Å². The molecule has 0 unspecified atom stereocenters. The number of para-hydroxylation sites is 1. The molecule has 1 aliphatic heterocycles. The van der Waals surface area contributed by atoms with Crippen LogP contribution in [0.3, 0.4) is 0 Å². The first-order valence-corrected chi connectivity index (χ1v) is 17.5. The largest absolute Gasteiger partial charge is 0.490 e. The standard InChI is InChI=1S/C40H43F2N5O4/c1-22-19-47-20-30(28-8-6-9-29(38(28)47)35-23(2)16-33-37(40(35)51-21-22)44-24(3)46(33)4)39(49)25-17-31(41)36(32(42)18-25)45-34(48)10-7-15-43-26-11-13-27(50-5)14-12-26/h6-10,16-18,20,22,26-27,43H,11-15,19,21H2,1-5H3,(H,45,48)/b10-7+/t22-,26?,27?/m1/s1. The van der Waals surface area contributed by atoms with Gasteiger partial charge in [-0.1, -0.05) is 31.2 Å². The zero-order chi connectivity index (χ0) is 36.0.